The van der Waals surface area contributed by atoms with Gasteiger partial charge in [0.2, 0.25) is 0 Å². The van der Waals surface area contributed by atoms with Crippen LogP contribution in [0.15, 0.2) is 53.7 Å². The minimum absolute atomic E-state index is 0.518. The van der Waals surface area contributed by atoms with Crippen molar-refractivity contribution in [2.45, 2.75) is 6.42 Å². The molecule has 0 saturated heterocycles. The number of ether oxygens (including phenoxy) is 1. The number of hydrogen-bond donors (Lipinski definition) is 1. The van der Waals surface area contributed by atoms with Gasteiger partial charge in [-0.2, -0.15) is 5.26 Å². The summed E-state index contributed by atoms with van der Waals surface area (Å²) in [5, 5.41) is 11.8. The largest absolute Gasteiger partial charge is 0.491 e. The predicted molar refractivity (Wildman–Crippen MR) is 89.2 cm³/mol. The van der Waals surface area contributed by atoms with Crippen LogP contribution < -0.4 is 10.1 Å². The molecule has 0 unspecified atom stereocenters. The number of nitrogens with zero attached hydrogens (tertiary/aromatic N) is 3. The summed E-state index contributed by atoms with van der Waals surface area (Å²) in [6.45, 7) is 0.518. The molecular weight excluding hydrogens is 296 g/mol. The molecule has 6 heteroatoms. The SMILES string of the molecule is CSC(=Nc1ccccc1OCCc1ccccn1)NC#N. The van der Waals surface area contributed by atoms with Crippen LogP contribution in [0.5, 0.6) is 5.75 Å². The second-order valence-corrected chi connectivity index (χ2v) is 5.04. The van der Waals surface area contributed by atoms with E-state index < -0.39 is 0 Å². The number of nitriles is 1. The highest BCUT2D eigenvalue weighted by Crippen LogP contribution is 2.27. The van der Waals surface area contributed by atoms with Gasteiger partial charge < -0.3 is 4.74 Å². The lowest BCUT2D eigenvalue weighted by Crippen LogP contribution is -2.12. The first kappa shape index (κ1) is 15.9. The molecule has 0 aliphatic heterocycles. The molecule has 0 radical (unpaired) electrons. The maximum atomic E-state index is 8.69. The highest BCUT2D eigenvalue weighted by Gasteiger charge is 2.04. The third-order valence-electron chi connectivity index (χ3n) is 2.79. The number of benzene rings is 1. The van der Waals surface area contributed by atoms with E-state index in [1.807, 2.05) is 54.9 Å². The summed E-state index contributed by atoms with van der Waals surface area (Å²) in [5.74, 6) is 0.685. The van der Waals surface area contributed by atoms with Crippen LogP contribution in [-0.2, 0) is 6.42 Å². The Kier molecular flexibility index (Phi) is 6.27. The Labute approximate surface area is 134 Å². The molecular formula is C16H16N4OS. The van der Waals surface area contributed by atoms with Gasteiger partial charge >= 0.3 is 0 Å². The van der Waals surface area contributed by atoms with Crippen LogP contribution in [0.1, 0.15) is 5.69 Å². The number of nitrogens with one attached hydrogen (secondary N) is 1. The summed E-state index contributed by atoms with van der Waals surface area (Å²) in [6, 6.07) is 13.3. The molecule has 2 aromatic rings. The van der Waals surface area contributed by atoms with Gasteiger partial charge in [0.05, 0.1) is 6.61 Å². The normalized spacial score (nSPS) is 10.8. The highest BCUT2D eigenvalue weighted by molar-refractivity contribution is 8.13. The Morgan fingerprint density at radius 3 is 2.86 bits per heavy atom. The van der Waals surface area contributed by atoms with Crippen molar-refractivity contribution in [3.8, 4) is 11.9 Å². The molecule has 0 bridgehead atoms. The molecule has 0 spiro atoms. The molecule has 112 valence electrons. The first-order valence-corrected chi connectivity index (χ1v) is 7.95. The lowest BCUT2D eigenvalue weighted by Gasteiger charge is -2.09. The van der Waals surface area contributed by atoms with Crippen LogP contribution in [0.2, 0.25) is 0 Å². The molecule has 1 heterocycles. The fraction of sp³-hybridized carbons (Fsp3) is 0.188. The first-order valence-electron chi connectivity index (χ1n) is 6.73. The standard InChI is InChI=1S/C16H16N4OS/c1-22-16(19-12-17)20-14-7-2-3-8-15(14)21-11-9-13-6-4-5-10-18-13/h2-8,10H,9,11H2,1H3,(H,19,20). The van der Waals surface area contributed by atoms with Crippen molar-refractivity contribution >= 4 is 22.6 Å². The van der Waals surface area contributed by atoms with Crippen molar-refractivity contribution in [3.63, 3.8) is 0 Å². The van der Waals surface area contributed by atoms with Crippen LogP contribution in [0, 0.1) is 11.5 Å². The minimum atomic E-state index is 0.518. The van der Waals surface area contributed by atoms with Gasteiger partial charge in [-0.15, -0.1) is 0 Å². The third-order valence-corrected chi connectivity index (χ3v) is 3.37. The molecule has 1 aromatic carbocycles. The molecule has 1 N–H and O–H groups in total. The number of thioether (sulfide) groups is 1. The number of para-hydroxylation sites is 2. The summed E-state index contributed by atoms with van der Waals surface area (Å²) in [5.41, 5.74) is 1.68. The van der Waals surface area contributed by atoms with E-state index in [0.717, 1.165) is 12.1 Å². The average molecular weight is 312 g/mol. The van der Waals surface area contributed by atoms with E-state index in [9.17, 15) is 0 Å². The third kappa shape index (κ3) is 4.79. The van der Waals surface area contributed by atoms with E-state index in [4.69, 9.17) is 10.00 Å². The van der Waals surface area contributed by atoms with Gasteiger partial charge in [-0.1, -0.05) is 30.0 Å². The molecule has 22 heavy (non-hydrogen) atoms. The Hall–Kier alpha value is -2.52. The van der Waals surface area contributed by atoms with Gasteiger partial charge in [-0.05, 0) is 30.5 Å². The monoisotopic (exact) mass is 312 g/mol. The zero-order valence-electron chi connectivity index (χ0n) is 12.2. The summed E-state index contributed by atoms with van der Waals surface area (Å²) in [4.78, 5) is 8.66. The summed E-state index contributed by atoms with van der Waals surface area (Å²) in [7, 11) is 0. The van der Waals surface area contributed by atoms with Gasteiger partial charge in [0.25, 0.3) is 0 Å². The number of pyridine rings is 1. The lowest BCUT2D eigenvalue weighted by molar-refractivity contribution is 0.321. The Bertz CT molecular complexity index is 667. The topological polar surface area (TPSA) is 70.3 Å². The molecule has 2 rings (SSSR count). The van der Waals surface area contributed by atoms with Crippen LogP contribution in [-0.4, -0.2) is 23.0 Å². The van der Waals surface area contributed by atoms with Crippen molar-refractivity contribution in [2.75, 3.05) is 12.9 Å². The van der Waals surface area contributed by atoms with Gasteiger partial charge in [0.1, 0.15) is 11.4 Å². The van der Waals surface area contributed by atoms with E-state index in [-0.39, 0.29) is 0 Å². The molecule has 0 aliphatic carbocycles. The van der Waals surface area contributed by atoms with Crippen LogP contribution in [0.25, 0.3) is 0 Å². The van der Waals surface area contributed by atoms with Crippen molar-refractivity contribution in [1.82, 2.24) is 10.3 Å². The molecule has 0 saturated carbocycles. The molecule has 0 amide bonds. The van der Waals surface area contributed by atoms with Crippen molar-refractivity contribution in [3.05, 3.63) is 54.4 Å². The lowest BCUT2D eigenvalue weighted by atomic mass is 10.3. The Balaban J connectivity index is 2.04. The summed E-state index contributed by atoms with van der Waals surface area (Å²) < 4.78 is 5.80. The molecule has 0 aliphatic rings. The van der Waals surface area contributed by atoms with E-state index in [0.29, 0.717) is 23.2 Å². The van der Waals surface area contributed by atoms with E-state index >= 15 is 0 Å². The maximum absolute atomic E-state index is 8.69. The number of aliphatic imine (C=N–C) groups is 1. The van der Waals surface area contributed by atoms with Gasteiger partial charge in [-0.25, -0.2) is 4.99 Å². The van der Waals surface area contributed by atoms with Gasteiger partial charge in [-0.3, -0.25) is 10.3 Å². The smallest absolute Gasteiger partial charge is 0.183 e. The Morgan fingerprint density at radius 1 is 1.32 bits per heavy atom. The molecule has 0 fully saturated rings. The fourth-order valence-electron chi connectivity index (χ4n) is 1.76. The van der Waals surface area contributed by atoms with Gasteiger partial charge in [0.15, 0.2) is 11.4 Å². The average Bonchev–Trinajstić information content (AvgIpc) is 2.57. The quantitative estimate of drug-likeness (QED) is 0.397. The van der Waals surface area contributed by atoms with Crippen LogP contribution >= 0.6 is 11.8 Å². The molecule has 1 aromatic heterocycles. The zero-order valence-corrected chi connectivity index (χ0v) is 13.0. The second-order valence-electron chi connectivity index (χ2n) is 4.25. The second kappa shape index (κ2) is 8.70. The van der Waals surface area contributed by atoms with E-state index in [1.165, 1.54) is 11.8 Å². The van der Waals surface area contributed by atoms with E-state index in [2.05, 4.69) is 15.3 Å². The fourth-order valence-corrected chi connectivity index (χ4v) is 2.10. The van der Waals surface area contributed by atoms with Gasteiger partial charge in [0, 0.05) is 18.3 Å². The summed E-state index contributed by atoms with van der Waals surface area (Å²) in [6.07, 6.45) is 6.22. The molecule has 5 nitrogen and oxygen atoms in total. The van der Waals surface area contributed by atoms with Crippen molar-refractivity contribution in [2.24, 2.45) is 4.99 Å². The first-order chi connectivity index (χ1) is 10.8. The number of amidine groups is 1. The van der Waals surface area contributed by atoms with Crippen molar-refractivity contribution < 1.29 is 4.74 Å². The van der Waals surface area contributed by atoms with E-state index in [1.54, 1.807) is 6.20 Å². The van der Waals surface area contributed by atoms with Crippen LogP contribution in [0.4, 0.5) is 5.69 Å². The van der Waals surface area contributed by atoms with Crippen molar-refractivity contribution in [1.29, 1.82) is 5.26 Å². The highest BCUT2D eigenvalue weighted by atomic mass is 32.2. The summed E-state index contributed by atoms with van der Waals surface area (Å²) >= 11 is 1.37. The minimum Gasteiger partial charge on any atom is -0.491 e. The Morgan fingerprint density at radius 2 is 2.14 bits per heavy atom. The number of hydrogen-bond acceptors (Lipinski definition) is 5. The predicted octanol–water partition coefficient (Wildman–Crippen LogP) is 3.12. The molecule has 0 atom stereocenters. The maximum Gasteiger partial charge on any atom is 0.183 e. The van der Waals surface area contributed by atoms with Crippen LogP contribution in [0.3, 0.4) is 0 Å². The number of aromatic nitrogens is 1. The zero-order chi connectivity index (χ0) is 15.6. The number of rotatable bonds is 5.